The molecule has 0 aliphatic heterocycles. The van der Waals surface area contributed by atoms with Crippen LogP contribution >= 0.6 is 0 Å². The molecular weight excluding hydrogens is 242 g/mol. The van der Waals surface area contributed by atoms with Gasteiger partial charge in [0.15, 0.2) is 0 Å². The summed E-state index contributed by atoms with van der Waals surface area (Å²) in [7, 11) is 0. The van der Waals surface area contributed by atoms with Crippen molar-refractivity contribution in [1.29, 1.82) is 0 Å². The molecule has 1 N–H and O–H groups in total. The van der Waals surface area contributed by atoms with E-state index in [4.69, 9.17) is 9.47 Å². The predicted molar refractivity (Wildman–Crippen MR) is 73.1 cm³/mol. The largest absolute Gasteiger partial charge is 0.474 e. The first-order valence-electron chi connectivity index (χ1n) is 6.84. The normalized spacial score (nSPS) is 15.5. The fourth-order valence-electron chi connectivity index (χ4n) is 1.57. The van der Waals surface area contributed by atoms with E-state index >= 15 is 0 Å². The summed E-state index contributed by atoms with van der Waals surface area (Å²) in [5, 5.41) is 3.40. The van der Waals surface area contributed by atoms with Crippen molar-refractivity contribution in [2.45, 2.75) is 51.8 Å². The Labute approximate surface area is 114 Å². The van der Waals surface area contributed by atoms with Crippen LogP contribution in [0.4, 0.5) is 0 Å². The van der Waals surface area contributed by atoms with Gasteiger partial charge in [0.25, 0.3) is 0 Å². The average molecular weight is 265 g/mol. The maximum absolute atomic E-state index is 5.58. The van der Waals surface area contributed by atoms with Gasteiger partial charge in [-0.1, -0.05) is 0 Å². The molecule has 1 heterocycles. The van der Waals surface area contributed by atoms with Gasteiger partial charge >= 0.3 is 0 Å². The number of nitrogens with zero attached hydrogens (tertiary/aromatic N) is 2. The third-order valence-corrected chi connectivity index (χ3v) is 2.68. The van der Waals surface area contributed by atoms with Gasteiger partial charge in [0.2, 0.25) is 5.88 Å². The van der Waals surface area contributed by atoms with Crippen molar-refractivity contribution in [2.24, 2.45) is 0 Å². The first kappa shape index (κ1) is 14.2. The molecule has 5 nitrogen and oxygen atoms in total. The van der Waals surface area contributed by atoms with Crippen LogP contribution in [-0.2, 0) is 11.3 Å². The highest BCUT2D eigenvalue weighted by molar-refractivity contribution is 5.08. The monoisotopic (exact) mass is 265 g/mol. The molecule has 0 aromatic carbocycles. The van der Waals surface area contributed by atoms with Crippen molar-refractivity contribution in [2.75, 3.05) is 13.2 Å². The van der Waals surface area contributed by atoms with Gasteiger partial charge in [-0.3, -0.25) is 4.98 Å². The van der Waals surface area contributed by atoms with Gasteiger partial charge in [-0.2, -0.15) is 0 Å². The van der Waals surface area contributed by atoms with E-state index in [-0.39, 0.29) is 5.60 Å². The van der Waals surface area contributed by atoms with Crippen molar-refractivity contribution >= 4 is 0 Å². The summed E-state index contributed by atoms with van der Waals surface area (Å²) < 4.78 is 11.1. The second kappa shape index (κ2) is 6.30. The Hall–Kier alpha value is -1.20. The van der Waals surface area contributed by atoms with Crippen molar-refractivity contribution in [3.63, 3.8) is 0 Å². The molecule has 0 amide bonds. The second-order valence-electron chi connectivity index (χ2n) is 5.81. The van der Waals surface area contributed by atoms with Gasteiger partial charge in [0, 0.05) is 18.8 Å². The van der Waals surface area contributed by atoms with Crippen LogP contribution in [0.1, 0.15) is 39.3 Å². The highest BCUT2D eigenvalue weighted by Crippen LogP contribution is 2.19. The minimum absolute atomic E-state index is 0.134. The van der Waals surface area contributed by atoms with E-state index in [1.807, 2.05) is 20.8 Å². The summed E-state index contributed by atoms with van der Waals surface area (Å²) in [5.74, 6) is 0.563. The van der Waals surface area contributed by atoms with Crippen LogP contribution < -0.4 is 10.1 Å². The predicted octanol–water partition coefficient (Wildman–Crippen LogP) is 1.92. The number of aromatic nitrogens is 2. The number of hydrogen-bond donors (Lipinski definition) is 1. The summed E-state index contributed by atoms with van der Waals surface area (Å²) >= 11 is 0. The van der Waals surface area contributed by atoms with E-state index in [0.29, 0.717) is 25.1 Å². The molecule has 0 saturated heterocycles. The maximum Gasteiger partial charge on any atom is 0.232 e. The number of nitrogens with one attached hydrogen (secondary N) is 1. The van der Waals surface area contributed by atoms with Crippen LogP contribution in [0.3, 0.4) is 0 Å². The lowest BCUT2D eigenvalue weighted by atomic mass is 10.2. The molecule has 0 atom stereocenters. The molecule has 2 rings (SSSR count). The highest BCUT2D eigenvalue weighted by atomic mass is 16.5. The summed E-state index contributed by atoms with van der Waals surface area (Å²) in [6.07, 6.45) is 5.95. The molecule has 1 saturated carbocycles. The Bertz CT molecular complexity index is 400. The van der Waals surface area contributed by atoms with Crippen molar-refractivity contribution in [3.8, 4) is 5.88 Å². The van der Waals surface area contributed by atoms with E-state index in [1.165, 1.54) is 12.8 Å². The lowest BCUT2D eigenvalue weighted by Gasteiger charge is -2.19. The van der Waals surface area contributed by atoms with E-state index in [0.717, 1.165) is 12.2 Å². The van der Waals surface area contributed by atoms with Gasteiger partial charge in [-0.15, -0.1) is 0 Å². The number of rotatable bonds is 7. The molecule has 1 aromatic heterocycles. The fourth-order valence-corrected chi connectivity index (χ4v) is 1.57. The summed E-state index contributed by atoms with van der Waals surface area (Å²) in [4.78, 5) is 8.55. The van der Waals surface area contributed by atoms with Crippen LogP contribution in [0.5, 0.6) is 5.88 Å². The Morgan fingerprint density at radius 1 is 1.26 bits per heavy atom. The SMILES string of the molecule is CC(C)(C)OCCOc1cncc(CNC2CC2)n1. The summed E-state index contributed by atoms with van der Waals surface area (Å²) in [6, 6.07) is 0.673. The lowest BCUT2D eigenvalue weighted by molar-refractivity contribution is -0.0168. The third-order valence-electron chi connectivity index (χ3n) is 2.68. The zero-order valence-electron chi connectivity index (χ0n) is 12.0. The van der Waals surface area contributed by atoms with Gasteiger partial charge in [0.1, 0.15) is 6.61 Å². The number of ether oxygens (including phenoxy) is 2. The van der Waals surface area contributed by atoms with Crippen LogP contribution in [0.15, 0.2) is 12.4 Å². The molecular formula is C14H23N3O2. The second-order valence-corrected chi connectivity index (χ2v) is 5.81. The molecule has 1 aliphatic rings. The topological polar surface area (TPSA) is 56.3 Å². The van der Waals surface area contributed by atoms with Gasteiger partial charge < -0.3 is 14.8 Å². The minimum Gasteiger partial charge on any atom is -0.474 e. The lowest BCUT2D eigenvalue weighted by Crippen LogP contribution is -2.22. The van der Waals surface area contributed by atoms with Gasteiger partial charge in [-0.05, 0) is 33.6 Å². The van der Waals surface area contributed by atoms with Crippen molar-refractivity contribution in [3.05, 3.63) is 18.1 Å². The Morgan fingerprint density at radius 3 is 2.74 bits per heavy atom. The van der Waals surface area contributed by atoms with E-state index in [2.05, 4.69) is 15.3 Å². The molecule has 19 heavy (non-hydrogen) atoms. The standard InChI is InChI=1S/C14H23N3O2/c1-14(2,3)19-7-6-18-13-10-15-8-12(17-13)9-16-11-4-5-11/h8,10-11,16H,4-7,9H2,1-3H3. The zero-order valence-corrected chi connectivity index (χ0v) is 12.0. The van der Waals surface area contributed by atoms with Gasteiger partial charge in [-0.25, -0.2) is 4.98 Å². The van der Waals surface area contributed by atoms with Crippen molar-refractivity contribution < 1.29 is 9.47 Å². The fraction of sp³-hybridized carbons (Fsp3) is 0.714. The molecule has 0 spiro atoms. The summed E-state index contributed by atoms with van der Waals surface area (Å²) in [6.45, 7) is 7.87. The van der Waals surface area contributed by atoms with Crippen LogP contribution in [0, 0.1) is 0 Å². The third kappa shape index (κ3) is 5.98. The summed E-state index contributed by atoms with van der Waals surface area (Å²) in [5.41, 5.74) is 0.784. The van der Waals surface area contributed by atoms with Gasteiger partial charge in [0.05, 0.1) is 24.1 Å². The van der Waals surface area contributed by atoms with Crippen LogP contribution in [-0.4, -0.2) is 34.8 Å². The number of hydrogen-bond acceptors (Lipinski definition) is 5. The Kier molecular flexibility index (Phi) is 4.71. The maximum atomic E-state index is 5.58. The smallest absolute Gasteiger partial charge is 0.232 e. The van der Waals surface area contributed by atoms with Crippen LogP contribution in [0.25, 0.3) is 0 Å². The Morgan fingerprint density at radius 2 is 2.05 bits per heavy atom. The average Bonchev–Trinajstić information content (AvgIpc) is 3.16. The first-order chi connectivity index (χ1) is 9.03. The molecule has 0 unspecified atom stereocenters. The van der Waals surface area contributed by atoms with E-state index in [1.54, 1.807) is 12.4 Å². The quantitative estimate of drug-likeness (QED) is 0.763. The zero-order chi connectivity index (χ0) is 13.7. The van der Waals surface area contributed by atoms with E-state index < -0.39 is 0 Å². The molecule has 0 bridgehead atoms. The van der Waals surface area contributed by atoms with E-state index in [9.17, 15) is 0 Å². The molecule has 106 valence electrons. The Balaban J connectivity index is 1.71. The van der Waals surface area contributed by atoms with Crippen molar-refractivity contribution in [1.82, 2.24) is 15.3 Å². The first-order valence-corrected chi connectivity index (χ1v) is 6.84. The molecule has 1 aromatic rings. The molecule has 0 radical (unpaired) electrons. The molecule has 1 fully saturated rings. The van der Waals surface area contributed by atoms with Crippen LogP contribution in [0.2, 0.25) is 0 Å². The highest BCUT2D eigenvalue weighted by Gasteiger charge is 2.20. The molecule has 1 aliphatic carbocycles. The molecule has 5 heteroatoms. The minimum atomic E-state index is -0.134.